The van der Waals surface area contributed by atoms with Crippen molar-refractivity contribution in [2.45, 2.75) is 12.4 Å². The summed E-state index contributed by atoms with van der Waals surface area (Å²) >= 11 is 8.25. The highest BCUT2D eigenvalue weighted by Crippen LogP contribution is 2.21. The van der Waals surface area contributed by atoms with Crippen molar-refractivity contribution in [2.75, 3.05) is 0 Å². The zero-order valence-electron chi connectivity index (χ0n) is 9.44. The Balaban J connectivity index is 2.13. The van der Waals surface area contributed by atoms with Crippen LogP contribution in [-0.4, -0.2) is 9.55 Å². The Hall–Kier alpha value is -1.01. The van der Waals surface area contributed by atoms with Crippen molar-refractivity contribution in [2.24, 2.45) is 0 Å². The molecule has 0 N–H and O–H groups in total. The quantitative estimate of drug-likeness (QED) is 0.513. The molecule has 3 rings (SSSR count). The van der Waals surface area contributed by atoms with E-state index in [4.69, 9.17) is 16.0 Å². The summed E-state index contributed by atoms with van der Waals surface area (Å²) in [5, 5.41) is 0. The van der Waals surface area contributed by atoms with Crippen molar-refractivity contribution in [1.29, 1.82) is 0 Å². The second-order valence-corrected chi connectivity index (χ2v) is 5.47. The lowest BCUT2D eigenvalue weighted by molar-refractivity contribution is 0.493. The fourth-order valence-corrected chi connectivity index (χ4v) is 2.67. The average Bonchev–Trinajstić information content (AvgIpc) is 2.97. The van der Waals surface area contributed by atoms with Gasteiger partial charge in [0.05, 0.1) is 29.7 Å². The maximum atomic E-state index is 5.97. The van der Waals surface area contributed by atoms with E-state index in [-0.39, 0.29) is 0 Å². The Morgan fingerprint density at radius 1 is 1.33 bits per heavy atom. The summed E-state index contributed by atoms with van der Waals surface area (Å²) in [6, 6.07) is 10.0. The van der Waals surface area contributed by atoms with E-state index in [9.17, 15) is 0 Å². The molecule has 0 bridgehead atoms. The molecule has 0 aliphatic heterocycles. The first-order valence-corrected chi connectivity index (χ1v) is 7.12. The Kier molecular flexibility index (Phi) is 3.30. The van der Waals surface area contributed by atoms with Gasteiger partial charge in [-0.05, 0) is 52.9 Å². The number of halogens is 2. The van der Waals surface area contributed by atoms with Crippen LogP contribution in [0.1, 0.15) is 11.6 Å². The number of furan rings is 1. The molecule has 5 heteroatoms. The van der Waals surface area contributed by atoms with Gasteiger partial charge in [0.25, 0.3) is 0 Å². The SMILES string of the molecule is ClCc1nc2cc(I)ccc2n1Cc1ccco1. The molecule has 0 unspecified atom stereocenters. The summed E-state index contributed by atoms with van der Waals surface area (Å²) in [5.74, 6) is 2.16. The highest BCUT2D eigenvalue weighted by molar-refractivity contribution is 14.1. The molecule has 0 spiro atoms. The molecule has 0 saturated carbocycles. The Labute approximate surface area is 123 Å². The molecule has 0 aliphatic carbocycles. The minimum absolute atomic E-state index is 0.395. The van der Waals surface area contributed by atoms with E-state index < -0.39 is 0 Å². The van der Waals surface area contributed by atoms with Gasteiger partial charge < -0.3 is 8.98 Å². The van der Waals surface area contributed by atoms with Gasteiger partial charge in [-0.1, -0.05) is 0 Å². The highest BCUT2D eigenvalue weighted by atomic mass is 127. The van der Waals surface area contributed by atoms with Crippen molar-refractivity contribution >= 4 is 45.2 Å². The number of rotatable bonds is 3. The van der Waals surface area contributed by atoms with Gasteiger partial charge in [0.1, 0.15) is 11.6 Å². The summed E-state index contributed by atoms with van der Waals surface area (Å²) in [6.45, 7) is 0.659. The third-order valence-electron chi connectivity index (χ3n) is 2.80. The molecule has 0 aliphatic rings. The molecule has 92 valence electrons. The van der Waals surface area contributed by atoms with Crippen molar-refractivity contribution in [3.8, 4) is 0 Å². The zero-order valence-corrected chi connectivity index (χ0v) is 12.4. The number of imidazole rings is 1. The first-order valence-electron chi connectivity index (χ1n) is 5.51. The lowest BCUT2D eigenvalue weighted by atomic mass is 10.3. The molecular formula is C13H10ClIN2O. The maximum Gasteiger partial charge on any atom is 0.125 e. The van der Waals surface area contributed by atoms with Crippen LogP contribution >= 0.6 is 34.2 Å². The number of hydrogen-bond donors (Lipinski definition) is 0. The van der Waals surface area contributed by atoms with Crippen molar-refractivity contribution in [3.63, 3.8) is 0 Å². The minimum atomic E-state index is 0.395. The van der Waals surface area contributed by atoms with Crippen LogP contribution in [0.2, 0.25) is 0 Å². The van der Waals surface area contributed by atoms with Crippen molar-refractivity contribution in [1.82, 2.24) is 9.55 Å². The van der Waals surface area contributed by atoms with E-state index >= 15 is 0 Å². The molecule has 18 heavy (non-hydrogen) atoms. The molecule has 0 fully saturated rings. The van der Waals surface area contributed by atoms with Crippen LogP contribution in [0.5, 0.6) is 0 Å². The lowest BCUT2D eigenvalue weighted by Crippen LogP contribution is -2.02. The lowest BCUT2D eigenvalue weighted by Gasteiger charge is -2.05. The van der Waals surface area contributed by atoms with Gasteiger partial charge >= 0.3 is 0 Å². The maximum absolute atomic E-state index is 5.97. The van der Waals surface area contributed by atoms with Gasteiger partial charge in [0.15, 0.2) is 0 Å². The molecule has 2 aromatic heterocycles. The second kappa shape index (κ2) is 4.93. The average molecular weight is 373 g/mol. The van der Waals surface area contributed by atoms with Crippen LogP contribution < -0.4 is 0 Å². The highest BCUT2D eigenvalue weighted by Gasteiger charge is 2.11. The molecule has 1 aromatic carbocycles. The van der Waals surface area contributed by atoms with E-state index in [1.807, 2.05) is 12.1 Å². The molecule has 3 aromatic rings. The first-order chi connectivity index (χ1) is 8.78. The van der Waals surface area contributed by atoms with Gasteiger partial charge in [-0.3, -0.25) is 0 Å². The normalized spacial score (nSPS) is 11.2. The fourth-order valence-electron chi connectivity index (χ4n) is 1.99. The summed E-state index contributed by atoms with van der Waals surface area (Å²) < 4.78 is 8.65. The largest absolute Gasteiger partial charge is 0.467 e. The van der Waals surface area contributed by atoms with Crippen molar-refractivity contribution < 1.29 is 4.42 Å². The summed E-state index contributed by atoms with van der Waals surface area (Å²) in [6.07, 6.45) is 1.68. The van der Waals surface area contributed by atoms with Crippen LogP contribution in [0, 0.1) is 3.57 Å². The monoisotopic (exact) mass is 372 g/mol. The zero-order chi connectivity index (χ0) is 12.5. The van der Waals surface area contributed by atoms with Crippen molar-refractivity contribution in [3.05, 3.63) is 51.7 Å². The molecular weight excluding hydrogens is 363 g/mol. The van der Waals surface area contributed by atoms with Gasteiger partial charge in [-0.2, -0.15) is 0 Å². The molecule has 0 radical (unpaired) electrons. The number of aromatic nitrogens is 2. The number of alkyl halides is 1. The third kappa shape index (κ3) is 2.14. The predicted molar refractivity (Wildman–Crippen MR) is 79.8 cm³/mol. The topological polar surface area (TPSA) is 31.0 Å². The van der Waals surface area contributed by atoms with Gasteiger partial charge in [0.2, 0.25) is 0 Å². The molecule has 0 saturated heterocycles. The Morgan fingerprint density at radius 3 is 2.94 bits per heavy atom. The molecule has 0 atom stereocenters. The fraction of sp³-hybridized carbons (Fsp3) is 0.154. The van der Waals surface area contributed by atoms with Crippen LogP contribution in [0.3, 0.4) is 0 Å². The number of fused-ring (bicyclic) bond motifs is 1. The summed E-state index contributed by atoms with van der Waals surface area (Å²) in [4.78, 5) is 4.56. The summed E-state index contributed by atoms with van der Waals surface area (Å²) in [5.41, 5.74) is 2.06. The Morgan fingerprint density at radius 2 is 2.22 bits per heavy atom. The van der Waals surface area contributed by atoms with Gasteiger partial charge in [0, 0.05) is 3.57 Å². The molecule has 0 amide bonds. The third-order valence-corrected chi connectivity index (χ3v) is 3.71. The van der Waals surface area contributed by atoms with Crippen LogP contribution in [0.25, 0.3) is 11.0 Å². The first kappa shape index (κ1) is 12.0. The number of nitrogens with zero attached hydrogens (tertiary/aromatic N) is 2. The summed E-state index contributed by atoms with van der Waals surface area (Å²) in [7, 11) is 0. The standard InChI is InChI=1S/C13H10ClIN2O/c14-7-13-16-11-6-9(15)3-4-12(11)17(13)8-10-2-1-5-18-10/h1-6H,7-8H2. The molecule has 3 nitrogen and oxygen atoms in total. The second-order valence-electron chi connectivity index (χ2n) is 3.96. The number of hydrogen-bond acceptors (Lipinski definition) is 2. The van der Waals surface area contributed by atoms with Gasteiger partial charge in [-0.25, -0.2) is 4.98 Å². The van der Waals surface area contributed by atoms with E-state index in [0.29, 0.717) is 12.4 Å². The van der Waals surface area contributed by atoms with E-state index in [0.717, 1.165) is 22.6 Å². The van der Waals surface area contributed by atoms with Crippen LogP contribution in [0.4, 0.5) is 0 Å². The van der Waals surface area contributed by atoms with E-state index in [2.05, 4.69) is 50.3 Å². The van der Waals surface area contributed by atoms with E-state index in [1.165, 1.54) is 3.57 Å². The predicted octanol–water partition coefficient (Wildman–Crippen LogP) is 4.02. The Bertz CT molecular complexity index is 676. The molecule has 2 heterocycles. The minimum Gasteiger partial charge on any atom is -0.467 e. The van der Waals surface area contributed by atoms with Crippen LogP contribution in [-0.2, 0) is 12.4 Å². The van der Waals surface area contributed by atoms with Crippen LogP contribution in [0.15, 0.2) is 41.0 Å². The number of benzene rings is 1. The van der Waals surface area contributed by atoms with E-state index in [1.54, 1.807) is 6.26 Å². The van der Waals surface area contributed by atoms with Gasteiger partial charge in [-0.15, -0.1) is 11.6 Å². The smallest absolute Gasteiger partial charge is 0.125 e.